The van der Waals surface area contributed by atoms with E-state index in [9.17, 15) is 13.2 Å². The van der Waals surface area contributed by atoms with Crippen LogP contribution in [0.5, 0.6) is 0 Å². The van der Waals surface area contributed by atoms with Crippen molar-refractivity contribution in [2.24, 2.45) is 5.92 Å². The van der Waals surface area contributed by atoms with E-state index in [4.69, 9.17) is 11.6 Å². The van der Waals surface area contributed by atoms with Gasteiger partial charge in [-0.25, -0.2) is 13.1 Å². The van der Waals surface area contributed by atoms with Crippen LogP contribution in [0.2, 0.25) is 5.02 Å². The molecule has 3 rings (SSSR count). The lowest BCUT2D eigenvalue weighted by molar-refractivity contribution is -0.126. The molecule has 0 radical (unpaired) electrons. The number of carbonyl (C=O) groups excluding carboxylic acids is 1. The highest BCUT2D eigenvalue weighted by atomic mass is 35.5. The van der Waals surface area contributed by atoms with Gasteiger partial charge in [0.1, 0.15) is 0 Å². The minimum absolute atomic E-state index is 0.0375. The number of sulfonamides is 1. The summed E-state index contributed by atoms with van der Waals surface area (Å²) >= 11 is 6.05. The van der Waals surface area contributed by atoms with Crippen molar-refractivity contribution in [3.8, 4) is 0 Å². The van der Waals surface area contributed by atoms with Crippen LogP contribution in [0.1, 0.15) is 36.8 Å². The summed E-state index contributed by atoms with van der Waals surface area (Å²) in [6, 6.07) is 14.4. The first-order chi connectivity index (χ1) is 13.3. The fraction of sp³-hybridized carbons (Fsp3) is 0.381. The third kappa shape index (κ3) is 5.34. The maximum atomic E-state index is 12.6. The Hall–Kier alpha value is -1.89. The van der Waals surface area contributed by atoms with Gasteiger partial charge < -0.3 is 5.32 Å². The lowest BCUT2D eigenvalue weighted by atomic mass is 9.86. The van der Waals surface area contributed by atoms with Crippen molar-refractivity contribution >= 4 is 27.5 Å². The Bertz CT molecular complexity index is 924. The van der Waals surface area contributed by atoms with E-state index in [1.807, 2.05) is 37.3 Å². The average Bonchev–Trinajstić information content (AvgIpc) is 2.69. The highest BCUT2D eigenvalue weighted by Crippen LogP contribution is 2.26. The molecule has 0 spiro atoms. The number of benzene rings is 2. The SMILES string of the molecule is Cc1ccc(S(=O)(=O)NC2CCC(C(=O)NCc3ccccc3)CC2)cc1Cl. The van der Waals surface area contributed by atoms with Crippen LogP contribution in [-0.2, 0) is 21.4 Å². The quantitative estimate of drug-likeness (QED) is 0.746. The number of rotatable bonds is 6. The first-order valence-electron chi connectivity index (χ1n) is 9.45. The first-order valence-corrected chi connectivity index (χ1v) is 11.3. The Balaban J connectivity index is 1.50. The second kappa shape index (κ2) is 9.07. The van der Waals surface area contributed by atoms with Crippen LogP contribution in [-0.4, -0.2) is 20.4 Å². The molecule has 28 heavy (non-hydrogen) atoms. The molecule has 0 saturated heterocycles. The molecule has 1 amide bonds. The van der Waals surface area contributed by atoms with Crippen LogP contribution in [0, 0.1) is 12.8 Å². The molecule has 150 valence electrons. The van der Waals surface area contributed by atoms with Gasteiger partial charge in [-0.1, -0.05) is 48.0 Å². The molecule has 5 nitrogen and oxygen atoms in total. The number of halogens is 1. The van der Waals surface area contributed by atoms with E-state index >= 15 is 0 Å². The fourth-order valence-electron chi connectivity index (χ4n) is 3.43. The number of hydrogen-bond donors (Lipinski definition) is 2. The summed E-state index contributed by atoms with van der Waals surface area (Å²) in [6.07, 6.45) is 2.62. The Morgan fingerprint density at radius 2 is 1.75 bits per heavy atom. The van der Waals surface area contributed by atoms with Gasteiger partial charge in [0.25, 0.3) is 0 Å². The molecule has 7 heteroatoms. The first kappa shape index (κ1) is 20.8. The van der Waals surface area contributed by atoms with Gasteiger partial charge in [0, 0.05) is 23.5 Å². The Labute approximate surface area is 171 Å². The highest BCUT2D eigenvalue weighted by molar-refractivity contribution is 7.89. The number of amides is 1. The molecule has 2 aromatic carbocycles. The number of nitrogens with one attached hydrogen (secondary N) is 2. The van der Waals surface area contributed by atoms with Gasteiger partial charge in [-0.15, -0.1) is 0 Å². The van der Waals surface area contributed by atoms with Gasteiger partial charge in [-0.3, -0.25) is 4.79 Å². The molecule has 0 aliphatic heterocycles. The number of hydrogen-bond acceptors (Lipinski definition) is 3. The number of carbonyl (C=O) groups is 1. The van der Waals surface area contributed by atoms with Gasteiger partial charge in [0.05, 0.1) is 4.90 Å². The van der Waals surface area contributed by atoms with Crippen LogP contribution >= 0.6 is 11.6 Å². The summed E-state index contributed by atoms with van der Waals surface area (Å²) in [5, 5.41) is 3.41. The minimum Gasteiger partial charge on any atom is -0.352 e. The molecule has 1 fully saturated rings. The normalized spacial score (nSPS) is 19.9. The summed E-state index contributed by atoms with van der Waals surface area (Å²) in [6.45, 7) is 2.34. The van der Waals surface area contributed by atoms with Crippen molar-refractivity contribution in [2.75, 3.05) is 0 Å². The summed E-state index contributed by atoms with van der Waals surface area (Å²) in [5.41, 5.74) is 1.90. The summed E-state index contributed by atoms with van der Waals surface area (Å²) in [7, 11) is -3.62. The monoisotopic (exact) mass is 420 g/mol. The lowest BCUT2D eigenvalue weighted by Gasteiger charge is -2.28. The minimum atomic E-state index is -3.62. The predicted octanol–water partition coefficient (Wildman–Crippen LogP) is 3.80. The molecule has 0 unspecified atom stereocenters. The molecule has 2 aromatic rings. The molecule has 1 saturated carbocycles. The molecule has 0 heterocycles. The zero-order chi connectivity index (χ0) is 20.1. The molecule has 0 atom stereocenters. The van der Waals surface area contributed by atoms with Crippen molar-refractivity contribution < 1.29 is 13.2 Å². The van der Waals surface area contributed by atoms with Crippen molar-refractivity contribution in [1.29, 1.82) is 0 Å². The van der Waals surface area contributed by atoms with Gasteiger partial charge in [-0.2, -0.15) is 0 Å². The largest absolute Gasteiger partial charge is 0.352 e. The third-order valence-corrected chi connectivity index (χ3v) is 7.11. The Morgan fingerprint density at radius 1 is 1.07 bits per heavy atom. The van der Waals surface area contributed by atoms with Crippen LogP contribution in [0.3, 0.4) is 0 Å². The van der Waals surface area contributed by atoms with E-state index in [2.05, 4.69) is 10.0 Å². The molecule has 2 N–H and O–H groups in total. The number of aryl methyl sites for hydroxylation is 1. The second-order valence-corrected chi connectivity index (χ2v) is 9.41. The lowest BCUT2D eigenvalue weighted by Crippen LogP contribution is -2.40. The van der Waals surface area contributed by atoms with Gasteiger partial charge in [0.2, 0.25) is 15.9 Å². The molecule has 1 aliphatic rings. The predicted molar refractivity (Wildman–Crippen MR) is 111 cm³/mol. The van der Waals surface area contributed by atoms with Crippen molar-refractivity contribution in [3.63, 3.8) is 0 Å². The van der Waals surface area contributed by atoms with E-state index < -0.39 is 10.0 Å². The van der Waals surface area contributed by atoms with Crippen LogP contribution in [0.15, 0.2) is 53.4 Å². The van der Waals surface area contributed by atoms with Crippen molar-refractivity contribution in [2.45, 2.75) is 50.1 Å². The van der Waals surface area contributed by atoms with E-state index in [0.29, 0.717) is 37.3 Å². The standard InChI is InChI=1S/C21H25ClN2O3S/c1-15-7-12-19(13-20(15)22)28(26,27)24-18-10-8-17(9-11-18)21(25)23-14-16-5-3-2-4-6-16/h2-7,12-13,17-18,24H,8-11,14H2,1H3,(H,23,25). The zero-order valence-corrected chi connectivity index (χ0v) is 17.4. The average molecular weight is 421 g/mol. The Morgan fingerprint density at radius 3 is 2.39 bits per heavy atom. The van der Waals surface area contributed by atoms with Gasteiger partial charge >= 0.3 is 0 Å². The van der Waals surface area contributed by atoms with Gasteiger partial charge in [0.15, 0.2) is 0 Å². The van der Waals surface area contributed by atoms with E-state index in [1.165, 1.54) is 6.07 Å². The molecular weight excluding hydrogens is 396 g/mol. The summed E-state index contributed by atoms with van der Waals surface area (Å²) in [4.78, 5) is 12.6. The Kier molecular flexibility index (Phi) is 6.75. The van der Waals surface area contributed by atoms with Crippen LogP contribution < -0.4 is 10.0 Å². The van der Waals surface area contributed by atoms with E-state index in [1.54, 1.807) is 12.1 Å². The molecule has 1 aliphatic carbocycles. The maximum absolute atomic E-state index is 12.6. The second-order valence-electron chi connectivity index (χ2n) is 7.28. The summed E-state index contributed by atoms with van der Waals surface area (Å²) < 4.78 is 27.9. The van der Waals surface area contributed by atoms with Crippen molar-refractivity contribution in [3.05, 3.63) is 64.7 Å². The third-order valence-electron chi connectivity index (χ3n) is 5.18. The fourth-order valence-corrected chi connectivity index (χ4v) is 5.01. The molecular formula is C21H25ClN2O3S. The topological polar surface area (TPSA) is 75.3 Å². The smallest absolute Gasteiger partial charge is 0.240 e. The highest BCUT2D eigenvalue weighted by Gasteiger charge is 2.29. The van der Waals surface area contributed by atoms with E-state index in [-0.39, 0.29) is 22.8 Å². The van der Waals surface area contributed by atoms with Crippen LogP contribution in [0.4, 0.5) is 0 Å². The molecule has 0 bridgehead atoms. The zero-order valence-electron chi connectivity index (χ0n) is 15.8. The van der Waals surface area contributed by atoms with E-state index in [0.717, 1.165) is 11.1 Å². The summed E-state index contributed by atoms with van der Waals surface area (Å²) in [5.74, 6) is -0.0336. The van der Waals surface area contributed by atoms with Crippen molar-refractivity contribution in [1.82, 2.24) is 10.0 Å². The maximum Gasteiger partial charge on any atom is 0.240 e. The van der Waals surface area contributed by atoms with Gasteiger partial charge in [-0.05, 0) is 55.9 Å². The molecule has 0 aromatic heterocycles. The van der Waals surface area contributed by atoms with Crippen LogP contribution in [0.25, 0.3) is 0 Å².